The van der Waals surface area contributed by atoms with E-state index in [1.807, 2.05) is 47.0 Å². The second kappa shape index (κ2) is 17.0. The van der Waals surface area contributed by atoms with Crippen LogP contribution in [0.25, 0.3) is 10.2 Å². The summed E-state index contributed by atoms with van der Waals surface area (Å²) in [5.74, 6) is -0.156. The summed E-state index contributed by atoms with van der Waals surface area (Å²) >= 11 is 1.35. The first-order valence-electron chi connectivity index (χ1n) is 13.3. The second-order valence-corrected chi connectivity index (χ2v) is 10.4. The summed E-state index contributed by atoms with van der Waals surface area (Å²) in [4.78, 5) is 27.6. The van der Waals surface area contributed by atoms with Gasteiger partial charge in [-0.2, -0.15) is 0 Å². The third kappa shape index (κ3) is 10.2. The van der Waals surface area contributed by atoms with Gasteiger partial charge in [0, 0.05) is 54.3 Å². The third-order valence-electron chi connectivity index (χ3n) is 5.67. The fraction of sp³-hybridized carbons (Fsp3) is 0.571. The molecule has 212 valence electrons. The molecular weight excluding hydrogens is 498 g/mol. The van der Waals surface area contributed by atoms with Crippen molar-refractivity contribution in [1.82, 2.24) is 15.6 Å². The zero-order chi connectivity index (χ0) is 28.8. The number of fused-ring (bicyclic) bond motifs is 1. The molecule has 0 bridgehead atoms. The summed E-state index contributed by atoms with van der Waals surface area (Å²) in [6, 6.07) is 2.05. The van der Waals surface area contributed by atoms with E-state index < -0.39 is 0 Å². The Labute approximate surface area is 231 Å². The maximum Gasteiger partial charge on any atom is 0.263 e. The van der Waals surface area contributed by atoms with Crippen LogP contribution in [0.15, 0.2) is 27.3 Å². The number of carbonyl (C=O) groups excluding carboxylic acids is 1. The molecule has 2 heterocycles. The molecule has 0 aliphatic heterocycles. The Bertz CT molecular complexity index is 1110. The number of aliphatic imine (C=N–C) groups is 2. The van der Waals surface area contributed by atoms with Crippen LogP contribution >= 0.6 is 11.3 Å². The molecule has 7 N–H and O–H groups in total. The largest absolute Gasteiger partial charge is 0.397 e. The van der Waals surface area contributed by atoms with Crippen LogP contribution in [0, 0.1) is 13.8 Å². The number of aryl methyl sites for hydroxylation is 2. The maximum atomic E-state index is 13.0. The van der Waals surface area contributed by atoms with Gasteiger partial charge in [-0.15, -0.1) is 11.3 Å². The quantitative estimate of drug-likeness (QED) is 0.299. The summed E-state index contributed by atoms with van der Waals surface area (Å²) in [7, 11) is 1.89. The number of amides is 1. The fourth-order valence-electron chi connectivity index (χ4n) is 4.06. The summed E-state index contributed by atoms with van der Waals surface area (Å²) in [5, 5.41) is 15.1. The molecule has 0 saturated carbocycles. The van der Waals surface area contributed by atoms with Gasteiger partial charge in [0.05, 0.1) is 5.69 Å². The number of nitrogens with zero attached hydrogens (tertiary/aromatic N) is 3. The molecule has 1 amide bonds. The predicted octanol–water partition coefficient (Wildman–Crippen LogP) is 4.15. The smallest absolute Gasteiger partial charge is 0.263 e. The number of anilines is 1. The molecule has 1 aliphatic rings. The summed E-state index contributed by atoms with van der Waals surface area (Å²) in [5.41, 5.74) is 16.8. The van der Waals surface area contributed by atoms with Crippen molar-refractivity contribution in [3.8, 4) is 0 Å². The van der Waals surface area contributed by atoms with Crippen molar-refractivity contribution in [2.45, 2.75) is 85.4 Å². The van der Waals surface area contributed by atoms with E-state index in [2.05, 4.69) is 32.3 Å². The molecule has 0 aromatic carbocycles. The first-order valence-corrected chi connectivity index (χ1v) is 14.1. The van der Waals surface area contributed by atoms with E-state index in [0.717, 1.165) is 58.6 Å². The van der Waals surface area contributed by atoms with E-state index >= 15 is 0 Å². The van der Waals surface area contributed by atoms with Crippen LogP contribution in [0.2, 0.25) is 0 Å². The average Bonchev–Trinajstić information content (AvgIpc) is 3.19. The summed E-state index contributed by atoms with van der Waals surface area (Å²) in [6.45, 7) is 16.5. The Morgan fingerprint density at radius 3 is 2.63 bits per heavy atom. The van der Waals surface area contributed by atoms with Crippen molar-refractivity contribution in [2.75, 3.05) is 25.9 Å². The first kappa shape index (κ1) is 33.4. The Kier molecular flexibility index (Phi) is 15.0. The number of hydrogen-bond acceptors (Lipinski definition) is 9. The number of aliphatic hydroxyl groups is 1. The number of nitrogen functional groups attached to an aromatic ring is 1. The highest BCUT2D eigenvalue weighted by atomic mass is 32.1. The minimum absolute atomic E-state index is 0.0126. The molecule has 0 radical (unpaired) electrons. The van der Waals surface area contributed by atoms with Crippen molar-refractivity contribution in [1.29, 1.82) is 0 Å². The van der Waals surface area contributed by atoms with Gasteiger partial charge in [0.2, 0.25) is 0 Å². The Morgan fingerprint density at radius 2 is 2.03 bits per heavy atom. The van der Waals surface area contributed by atoms with Crippen LogP contribution in [-0.2, 0) is 0 Å². The van der Waals surface area contributed by atoms with Crippen LogP contribution in [-0.4, -0.2) is 67.3 Å². The highest BCUT2D eigenvalue weighted by Crippen LogP contribution is 2.35. The van der Waals surface area contributed by atoms with Crippen LogP contribution < -0.4 is 22.1 Å². The van der Waals surface area contributed by atoms with Gasteiger partial charge in [-0.25, -0.2) is 4.98 Å². The zero-order valence-corrected chi connectivity index (χ0v) is 24.9. The zero-order valence-electron chi connectivity index (χ0n) is 24.1. The molecule has 0 saturated heterocycles. The van der Waals surface area contributed by atoms with Gasteiger partial charge >= 0.3 is 0 Å². The number of likely N-dealkylation sites (N-methyl/N-ethyl adjacent to an activating group) is 1. The van der Waals surface area contributed by atoms with Gasteiger partial charge in [-0.05, 0) is 84.3 Å². The second-order valence-electron chi connectivity index (χ2n) is 9.38. The first-order chi connectivity index (χ1) is 18.1. The molecule has 1 aliphatic carbocycles. The number of nitrogens with one attached hydrogen (secondary N) is 2. The Balaban J connectivity index is 0.00000110. The van der Waals surface area contributed by atoms with Gasteiger partial charge in [-0.1, -0.05) is 13.8 Å². The molecule has 2 unspecified atom stereocenters. The van der Waals surface area contributed by atoms with Gasteiger partial charge in [0.25, 0.3) is 5.91 Å². The molecule has 0 fully saturated rings. The van der Waals surface area contributed by atoms with E-state index in [1.54, 1.807) is 13.8 Å². The minimum Gasteiger partial charge on any atom is -0.397 e. The van der Waals surface area contributed by atoms with Crippen molar-refractivity contribution in [3.63, 3.8) is 0 Å². The lowest BCUT2D eigenvalue weighted by Crippen LogP contribution is -2.37. The average molecular weight is 546 g/mol. The molecule has 2 atom stereocenters. The highest BCUT2D eigenvalue weighted by Gasteiger charge is 2.25. The lowest BCUT2D eigenvalue weighted by Gasteiger charge is -2.24. The lowest BCUT2D eigenvalue weighted by atomic mass is 9.92. The standard InChI is InChI=1S/C23H33N7OS.C3H8O.C2H6/c1-13-9-14(2)29-23-19(13)20(25)21(32-23)22(31)30-17-5-6-18(27-4)15(10-17)11-28-8-7-16(24)12-26-3;1-3(2)4;1-2/h9,11,16-17,26H,4-8,10,12,24-25H2,1-3H3,(H,30,31);3-4H,1-2H3;1-2H3. The van der Waals surface area contributed by atoms with E-state index in [1.165, 1.54) is 11.3 Å². The molecule has 38 heavy (non-hydrogen) atoms. The normalized spacial score (nSPS) is 16.1. The van der Waals surface area contributed by atoms with Crippen LogP contribution in [0.1, 0.15) is 74.3 Å². The van der Waals surface area contributed by atoms with Crippen molar-refractivity contribution >= 4 is 46.1 Å². The van der Waals surface area contributed by atoms with Crippen LogP contribution in [0.5, 0.6) is 0 Å². The Hall–Kier alpha value is -2.66. The van der Waals surface area contributed by atoms with Crippen LogP contribution in [0.3, 0.4) is 0 Å². The topological polar surface area (TPSA) is 151 Å². The van der Waals surface area contributed by atoms with Crippen molar-refractivity contribution < 1.29 is 9.90 Å². The SMILES string of the molecule is C=NC1=C(C=NCCC(N)CNC)CC(NC(=O)c2sc3nc(C)cc(C)c3c2N)CC1.CC.CC(C)O. The summed E-state index contributed by atoms with van der Waals surface area (Å²) < 4.78 is 0. The number of nitrogens with two attached hydrogens (primary N) is 2. The van der Waals surface area contributed by atoms with E-state index in [-0.39, 0.29) is 24.1 Å². The summed E-state index contributed by atoms with van der Waals surface area (Å²) in [6.07, 6.45) is 4.70. The van der Waals surface area contributed by atoms with Crippen LogP contribution in [0.4, 0.5) is 5.69 Å². The number of rotatable bonds is 9. The fourth-order valence-corrected chi connectivity index (χ4v) is 5.18. The molecule has 10 heteroatoms. The molecular formula is C28H47N7O2S. The Morgan fingerprint density at radius 1 is 1.37 bits per heavy atom. The number of hydrogen-bond donors (Lipinski definition) is 5. The molecule has 2 aromatic heterocycles. The van der Waals surface area contributed by atoms with Crippen molar-refractivity contribution in [3.05, 3.63) is 33.5 Å². The molecule has 0 spiro atoms. The number of allylic oxidation sites excluding steroid dienone is 1. The molecule has 2 aromatic rings. The van der Waals surface area contributed by atoms with E-state index in [4.69, 9.17) is 16.6 Å². The van der Waals surface area contributed by atoms with Gasteiger partial charge in [0.15, 0.2) is 0 Å². The molecule has 3 rings (SSSR count). The number of aliphatic hydroxyl groups excluding tert-OH is 1. The number of thiophene rings is 1. The maximum absolute atomic E-state index is 13.0. The highest BCUT2D eigenvalue weighted by molar-refractivity contribution is 7.21. The number of aromatic nitrogens is 1. The monoisotopic (exact) mass is 545 g/mol. The van der Waals surface area contributed by atoms with Gasteiger partial charge in [-0.3, -0.25) is 14.8 Å². The lowest BCUT2D eigenvalue weighted by molar-refractivity contribution is 0.0939. The van der Waals surface area contributed by atoms with Crippen molar-refractivity contribution in [2.24, 2.45) is 15.7 Å². The number of pyridine rings is 1. The minimum atomic E-state index is -0.167. The van der Waals surface area contributed by atoms with Gasteiger partial charge in [0.1, 0.15) is 9.71 Å². The van der Waals surface area contributed by atoms with E-state index in [9.17, 15) is 4.79 Å². The van der Waals surface area contributed by atoms with E-state index in [0.29, 0.717) is 23.5 Å². The van der Waals surface area contributed by atoms with Gasteiger partial charge < -0.3 is 27.2 Å². The predicted molar refractivity (Wildman–Crippen MR) is 164 cm³/mol. The third-order valence-corrected chi connectivity index (χ3v) is 6.76. The number of carbonyl (C=O) groups is 1. The molecule has 9 nitrogen and oxygen atoms in total.